The Morgan fingerprint density at radius 3 is 2.30 bits per heavy atom. The van der Waals surface area contributed by atoms with Crippen molar-refractivity contribution in [2.75, 3.05) is 32.7 Å². The van der Waals surface area contributed by atoms with Gasteiger partial charge in [-0.15, -0.1) is 0 Å². The molecule has 5 nitrogen and oxygen atoms in total. The first-order valence-corrected chi connectivity index (χ1v) is 14.0. The minimum Gasteiger partial charge on any atom is -0.389 e. The van der Waals surface area contributed by atoms with Crippen LogP contribution < -0.4 is 0 Å². The van der Waals surface area contributed by atoms with Crippen LogP contribution in [0.25, 0.3) is 0 Å². The molecule has 1 amide bonds. The Kier molecular flexibility index (Phi) is 5.31. The summed E-state index contributed by atoms with van der Waals surface area (Å²) in [6, 6.07) is 0. The van der Waals surface area contributed by atoms with Gasteiger partial charge in [0.25, 0.3) is 0 Å². The smallest absolute Gasteiger partial charge is 0.219 e. The molecule has 6 fully saturated rings. The van der Waals surface area contributed by atoms with Gasteiger partial charge in [0.1, 0.15) is 5.78 Å². The molecule has 0 aromatic heterocycles. The molecule has 33 heavy (non-hydrogen) atoms. The fourth-order valence-corrected chi connectivity index (χ4v) is 10.1. The van der Waals surface area contributed by atoms with E-state index in [1.807, 2.05) is 4.90 Å². The van der Waals surface area contributed by atoms with Crippen LogP contribution in [0.4, 0.5) is 0 Å². The summed E-state index contributed by atoms with van der Waals surface area (Å²) in [6.07, 6.45) is 9.80. The molecular formula is C28H44N2O3. The number of ketones is 1. The first-order valence-electron chi connectivity index (χ1n) is 14.0. The molecule has 184 valence electrons. The summed E-state index contributed by atoms with van der Waals surface area (Å²) >= 11 is 0. The monoisotopic (exact) mass is 456 g/mol. The van der Waals surface area contributed by atoms with Gasteiger partial charge in [0, 0.05) is 39.0 Å². The Labute approximate surface area is 199 Å². The zero-order valence-electron chi connectivity index (χ0n) is 21.0. The number of rotatable bonds is 3. The van der Waals surface area contributed by atoms with Crippen molar-refractivity contribution in [1.29, 1.82) is 0 Å². The molecule has 6 rings (SSSR count). The standard InChI is InChI=1S/C28H44N2O3/c1-17-14-22-19-8-9-27(3)23(20(19)4-5-21(22)25-15-28(17,25)33)6-7-24(27)26(32)16-29-10-12-30(13-11-29)18(2)31/h17,19-25,33H,4-16H2,1-3H3/t17-,19+,20-,21-,22-,23+,24-,25?,27+,28-/m1/s1. The van der Waals surface area contributed by atoms with Crippen LogP contribution in [0.3, 0.4) is 0 Å². The van der Waals surface area contributed by atoms with E-state index in [0.717, 1.165) is 68.6 Å². The van der Waals surface area contributed by atoms with Crippen LogP contribution in [0.1, 0.15) is 72.1 Å². The van der Waals surface area contributed by atoms with Gasteiger partial charge in [-0.25, -0.2) is 0 Å². The highest BCUT2D eigenvalue weighted by atomic mass is 16.3. The van der Waals surface area contributed by atoms with Crippen molar-refractivity contribution in [1.82, 2.24) is 9.80 Å². The van der Waals surface area contributed by atoms with Gasteiger partial charge in [-0.3, -0.25) is 14.5 Å². The highest BCUT2D eigenvalue weighted by molar-refractivity contribution is 5.84. The second-order valence-corrected chi connectivity index (χ2v) is 13.2. The molecule has 1 N–H and O–H groups in total. The zero-order chi connectivity index (χ0) is 23.1. The van der Waals surface area contributed by atoms with Crippen LogP contribution in [0.2, 0.25) is 0 Å². The first-order chi connectivity index (χ1) is 15.7. The maximum Gasteiger partial charge on any atom is 0.219 e. The third kappa shape index (κ3) is 3.38. The Hall–Kier alpha value is -0.940. The number of fused-ring (bicyclic) bond motifs is 7. The third-order valence-corrected chi connectivity index (χ3v) is 12.0. The number of carbonyl (C=O) groups is 2. The second-order valence-electron chi connectivity index (χ2n) is 13.2. The van der Waals surface area contributed by atoms with Gasteiger partial charge in [-0.1, -0.05) is 13.8 Å². The summed E-state index contributed by atoms with van der Waals surface area (Å²) in [7, 11) is 0. The van der Waals surface area contributed by atoms with E-state index >= 15 is 0 Å². The molecule has 1 aliphatic heterocycles. The van der Waals surface area contributed by atoms with Gasteiger partial charge in [0.05, 0.1) is 12.1 Å². The van der Waals surface area contributed by atoms with Crippen molar-refractivity contribution in [3.8, 4) is 0 Å². The predicted molar refractivity (Wildman–Crippen MR) is 127 cm³/mol. The average molecular weight is 457 g/mol. The van der Waals surface area contributed by atoms with Crippen LogP contribution in [0.5, 0.6) is 0 Å². The van der Waals surface area contributed by atoms with E-state index in [1.54, 1.807) is 6.92 Å². The number of hydrogen-bond acceptors (Lipinski definition) is 4. The molecule has 0 aromatic rings. The van der Waals surface area contributed by atoms with E-state index in [0.29, 0.717) is 24.2 Å². The number of aliphatic hydroxyl groups is 1. The second kappa shape index (κ2) is 7.78. The summed E-state index contributed by atoms with van der Waals surface area (Å²) in [5.74, 6) is 5.85. The fourth-order valence-electron chi connectivity index (χ4n) is 10.1. The lowest BCUT2D eigenvalue weighted by Crippen LogP contribution is -2.52. The van der Waals surface area contributed by atoms with Crippen molar-refractivity contribution in [2.45, 2.75) is 77.7 Å². The summed E-state index contributed by atoms with van der Waals surface area (Å²) in [6.45, 7) is 10.2. The minimum absolute atomic E-state index is 0.150. The number of piperazine rings is 1. The van der Waals surface area contributed by atoms with Gasteiger partial charge in [0.2, 0.25) is 5.91 Å². The van der Waals surface area contributed by atoms with Crippen molar-refractivity contribution in [3.05, 3.63) is 0 Å². The van der Waals surface area contributed by atoms with Gasteiger partial charge >= 0.3 is 0 Å². The van der Waals surface area contributed by atoms with Crippen LogP contribution >= 0.6 is 0 Å². The molecule has 1 saturated heterocycles. The van der Waals surface area contributed by atoms with Gasteiger partial charge in [0.15, 0.2) is 0 Å². The quantitative estimate of drug-likeness (QED) is 0.705. The molecule has 5 aliphatic carbocycles. The molecule has 1 unspecified atom stereocenters. The molecule has 1 heterocycles. The number of hydrogen-bond donors (Lipinski definition) is 1. The third-order valence-electron chi connectivity index (χ3n) is 12.0. The Balaban J connectivity index is 1.12. The van der Waals surface area contributed by atoms with Crippen molar-refractivity contribution >= 4 is 11.7 Å². The average Bonchev–Trinajstić information content (AvgIpc) is 3.37. The maximum atomic E-state index is 13.6. The predicted octanol–water partition coefficient (Wildman–Crippen LogP) is 3.60. The van der Waals surface area contributed by atoms with E-state index in [9.17, 15) is 14.7 Å². The molecule has 5 saturated carbocycles. The maximum absolute atomic E-state index is 13.6. The molecule has 10 atom stereocenters. The van der Waals surface area contributed by atoms with E-state index in [-0.39, 0.29) is 22.8 Å². The molecule has 0 radical (unpaired) electrons. The molecule has 0 aromatic carbocycles. The lowest BCUT2D eigenvalue weighted by molar-refractivity contribution is -0.134. The molecular weight excluding hydrogens is 412 g/mol. The number of Topliss-reactive ketones (excluding diaryl/α,β-unsaturated/α-hetero) is 1. The summed E-state index contributed by atoms with van der Waals surface area (Å²) in [5, 5.41) is 11.0. The Morgan fingerprint density at radius 1 is 0.909 bits per heavy atom. The normalized spacial score (nSPS) is 51.2. The lowest BCUT2D eigenvalue weighted by Gasteiger charge is -2.56. The topological polar surface area (TPSA) is 60.9 Å². The van der Waals surface area contributed by atoms with Gasteiger partial charge < -0.3 is 10.0 Å². The zero-order valence-corrected chi connectivity index (χ0v) is 21.0. The van der Waals surface area contributed by atoms with E-state index in [1.165, 1.54) is 38.5 Å². The molecule has 0 spiro atoms. The fraction of sp³-hybridized carbons (Fsp3) is 0.929. The van der Waals surface area contributed by atoms with E-state index in [4.69, 9.17) is 0 Å². The van der Waals surface area contributed by atoms with Crippen LogP contribution in [-0.2, 0) is 9.59 Å². The SMILES string of the molecule is CC(=O)N1CCN(CC(=O)[C@H]2CC[C@H]3[C@@H]4CC[C@H]5C6C[C@@]6(O)[C@H](C)C[C@@H]5[C@H]4CC[C@]23C)CC1. The highest BCUT2D eigenvalue weighted by Gasteiger charge is 2.67. The van der Waals surface area contributed by atoms with Crippen LogP contribution in [0.15, 0.2) is 0 Å². The van der Waals surface area contributed by atoms with Gasteiger partial charge in [-0.2, -0.15) is 0 Å². The van der Waals surface area contributed by atoms with Crippen molar-refractivity contribution in [2.24, 2.45) is 52.8 Å². The Bertz CT molecular complexity index is 822. The lowest BCUT2D eigenvalue weighted by atomic mass is 9.49. The summed E-state index contributed by atoms with van der Waals surface area (Å²) < 4.78 is 0. The van der Waals surface area contributed by atoms with E-state index < -0.39 is 0 Å². The molecule has 5 heteroatoms. The van der Waals surface area contributed by atoms with E-state index in [2.05, 4.69) is 18.7 Å². The van der Waals surface area contributed by atoms with Crippen LogP contribution in [0, 0.1) is 52.8 Å². The Morgan fingerprint density at radius 2 is 1.61 bits per heavy atom. The summed E-state index contributed by atoms with van der Waals surface area (Å²) in [5.41, 5.74) is -0.134. The molecule has 0 bridgehead atoms. The molecule has 6 aliphatic rings. The first kappa shape index (κ1) is 22.5. The van der Waals surface area contributed by atoms with Crippen molar-refractivity contribution in [3.63, 3.8) is 0 Å². The van der Waals surface area contributed by atoms with Gasteiger partial charge in [-0.05, 0) is 98.2 Å². The largest absolute Gasteiger partial charge is 0.389 e. The minimum atomic E-state index is -0.321. The highest BCUT2D eigenvalue weighted by Crippen LogP contribution is 2.69. The summed E-state index contributed by atoms with van der Waals surface area (Å²) in [4.78, 5) is 29.4. The number of nitrogens with zero attached hydrogens (tertiary/aromatic N) is 2. The van der Waals surface area contributed by atoms with Crippen LogP contribution in [-0.4, -0.2) is 64.9 Å². The number of carbonyl (C=O) groups excluding carboxylic acids is 2. The number of amides is 1. The van der Waals surface area contributed by atoms with Crippen molar-refractivity contribution < 1.29 is 14.7 Å².